The van der Waals surface area contributed by atoms with Crippen molar-refractivity contribution in [1.29, 1.82) is 0 Å². The SMILES string of the molecule is CCCCc1nc2c(N)nc3cc(C)ccc3c2n1CCNC(=O)/C=C/C(=O)c1ccc(N(C)C)cc1. The van der Waals surface area contributed by atoms with E-state index in [0.717, 1.165) is 52.8 Å². The summed E-state index contributed by atoms with van der Waals surface area (Å²) < 4.78 is 2.14. The number of aryl methyl sites for hydroxylation is 2. The normalized spacial score (nSPS) is 11.5. The summed E-state index contributed by atoms with van der Waals surface area (Å²) in [5.74, 6) is 0.806. The van der Waals surface area contributed by atoms with Crippen LogP contribution in [-0.4, -0.2) is 46.9 Å². The summed E-state index contributed by atoms with van der Waals surface area (Å²) in [5.41, 5.74) is 11.4. The smallest absolute Gasteiger partial charge is 0.244 e. The van der Waals surface area contributed by atoms with Gasteiger partial charge in [-0.1, -0.05) is 25.5 Å². The Morgan fingerprint density at radius 2 is 1.84 bits per heavy atom. The lowest BCUT2D eigenvalue weighted by Crippen LogP contribution is -2.26. The van der Waals surface area contributed by atoms with Crippen LogP contribution in [0, 0.1) is 6.92 Å². The first-order valence-corrected chi connectivity index (χ1v) is 12.6. The summed E-state index contributed by atoms with van der Waals surface area (Å²) in [4.78, 5) is 36.3. The van der Waals surface area contributed by atoms with E-state index in [1.807, 2.05) is 44.1 Å². The average molecular weight is 499 g/mol. The zero-order valence-electron chi connectivity index (χ0n) is 21.9. The van der Waals surface area contributed by atoms with Gasteiger partial charge in [0.15, 0.2) is 11.6 Å². The standard InChI is InChI=1S/C29H34N6O2/c1-5-6-7-25-33-27-28(22-13-8-19(2)18-23(22)32-29(27)30)35(25)17-16-31-26(37)15-14-24(36)20-9-11-21(12-10-20)34(3)4/h8-15,18H,5-7,16-17H2,1-4H3,(H2,30,32)(H,31,37)/b15-14+. The first kappa shape index (κ1) is 25.9. The number of allylic oxidation sites excluding steroid dienone is 1. The molecule has 0 bridgehead atoms. The highest BCUT2D eigenvalue weighted by Gasteiger charge is 2.17. The number of unbranched alkanes of at least 4 members (excludes halogenated alkanes) is 1. The third kappa shape index (κ3) is 5.80. The number of fused-ring (bicyclic) bond motifs is 3. The van der Waals surface area contributed by atoms with Crippen molar-refractivity contribution < 1.29 is 9.59 Å². The molecule has 4 rings (SSSR count). The molecule has 0 spiro atoms. The van der Waals surface area contributed by atoms with Gasteiger partial charge in [0.1, 0.15) is 11.3 Å². The van der Waals surface area contributed by atoms with Crippen LogP contribution in [0.15, 0.2) is 54.6 Å². The molecule has 0 aliphatic heterocycles. The fraction of sp³-hybridized carbons (Fsp3) is 0.310. The molecule has 192 valence electrons. The maximum absolute atomic E-state index is 12.5. The van der Waals surface area contributed by atoms with E-state index in [4.69, 9.17) is 10.7 Å². The van der Waals surface area contributed by atoms with Crippen LogP contribution in [0.5, 0.6) is 0 Å². The van der Waals surface area contributed by atoms with Crippen molar-refractivity contribution in [2.45, 2.75) is 39.7 Å². The summed E-state index contributed by atoms with van der Waals surface area (Å²) in [6.07, 6.45) is 5.45. The van der Waals surface area contributed by atoms with Crippen molar-refractivity contribution in [2.75, 3.05) is 31.3 Å². The highest BCUT2D eigenvalue weighted by molar-refractivity contribution is 6.08. The number of aromatic nitrogens is 3. The average Bonchev–Trinajstić information content (AvgIpc) is 3.25. The number of carbonyl (C=O) groups excluding carboxylic acids is 2. The quantitative estimate of drug-likeness (QED) is 0.247. The molecule has 0 saturated carbocycles. The summed E-state index contributed by atoms with van der Waals surface area (Å²) in [6.45, 7) is 5.08. The Morgan fingerprint density at radius 3 is 2.54 bits per heavy atom. The Hall–Kier alpha value is -4.20. The zero-order chi connectivity index (χ0) is 26.5. The first-order chi connectivity index (χ1) is 17.8. The van der Waals surface area contributed by atoms with Gasteiger partial charge in [-0.3, -0.25) is 9.59 Å². The van der Waals surface area contributed by atoms with Gasteiger partial charge in [-0.05, 0) is 55.3 Å². The Labute approximate surface area is 217 Å². The largest absolute Gasteiger partial charge is 0.382 e. The van der Waals surface area contributed by atoms with E-state index in [2.05, 4.69) is 33.9 Å². The van der Waals surface area contributed by atoms with Crippen LogP contribution in [-0.2, 0) is 17.8 Å². The molecule has 8 nitrogen and oxygen atoms in total. The maximum atomic E-state index is 12.5. The molecule has 1 amide bonds. The summed E-state index contributed by atoms with van der Waals surface area (Å²) in [5, 5.41) is 3.88. The number of nitrogen functional groups attached to an aromatic ring is 1. The van der Waals surface area contributed by atoms with Crippen molar-refractivity contribution in [3.05, 3.63) is 71.6 Å². The lowest BCUT2D eigenvalue weighted by atomic mass is 10.1. The molecular formula is C29H34N6O2. The molecular weight excluding hydrogens is 464 g/mol. The minimum absolute atomic E-state index is 0.215. The Kier molecular flexibility index (Phi) is 7.86. The van der Waals surface area contributed by atoms with E-state index >= 15 is 0 Å². The predicted molar refractivity (Wildman–Crippen MR) is 150 cm³/mol. The highest BCUT2D eigenvalue weighted by Crippen LogP contribution is 2.29. The van der Waals surface area contributed by atoms with Gasteiger partial charge < -0.3 is 20.5 Å². The topological polar surface area (TPSA) is 106 Å². The molecule has 2 aromatic carbocycles. The van der Waals surface area contributed by atoms with Crippen LogP contribution in [0.2, 0.25) is 0 Å². The molecule has 2 aromatic heterocycles. The fourth-order valence-electron chi connectivity index (χ4n) is 4.36. The van der Waals surface area contributed by atoms with E-state index in [-0.39, 0.29) is 11.7 Å². The van der Waals surface area contributed by atoms with Gasteiger partial charge in [-0.2, -0.15) is 0 Å². The molecule has 0 unspecified atom stereocenters. The number of pyridine rings is 1. The van der Waals surface area contributed by atoms with Gasteiger partial charge in [-0.25, -0.2) is 9.97 Å². The third-order valence-corrected chi connectivity index (χ3v) is 6.38. The number of hydrogen-bond acceptors (Lipinski definition) is 6. The van der Waals surface area contributed by atoms with Gasteiger partial charge >= 0.3 is 0 Å². The third-order valence-electron chi connectivity index (χ3n) is 6.38. The molecule has 8 heteroatoms. The number of amides is 1. The number of ketones is 1. The zero-order valence-corrected chi connectivity index (χ0v) is 21.9. The van der Waals surface area contributed by atoms with Gasteiger partial charge in [0.25, 0.3) is 0 Å². The minimum Gasteiger partial charge on any atom is -0.382 e. The second kappa shape index (κ2) is 11.2. The Balaban J connectivity index is 1.50. The van der Waals surface area contributed by atoms with Crippen molar-refractivity contribution in [3.8, 4) is 0 Å². The molecule has 0 atom stereocenters. The number of nitrogens with one attached hydrogen (secondary N) is 1. The van der Waals surface area contributed by atoms with Gasteiger partial charge in [0.05, 0.1) is 11.0 Å². The van der Waals surface area contributed by atoms with E-state index < -0.39 is 0 Å². The number of nitrogens with two attached hydrogens (primary N) is 1. The van der Waals surface area contributed by atoms with Crippen molar-refractivity contribution >= 4 is 45.1 Å². The molecule has 0 radical (unpaired) electrons. The van der Waals surface area contributed by atoms with E-state index in [1.165, 1.54) is 12.2 Å². The Morgan fingerprint density at radius 1 is 1.08 bits per heavy atom. The fourth-order valence-corrected chi connectivity index (χ4v) is 4.36. The number of benzene rings is 2. The van der Waals surface area contributed by atoms with Crippen LogP contribution >= 0.6 is 0 Å². The first-order valence-electron chi connectivity index (χ1n) is 12.6. The van der Waals surface area contributed by atoms with Crippen molar-refractivity contribution in [3.63, 3.8) is 0 Å². The maximum Gasteiger partial charge on any atom is 0.244 e. The van der Waals surface area contributed by atoms with E-state index in [9.17, 15) is 9.59 Å². The second-order valence-corrected chi connectivity index (χ2v) is 9.43. The Bertz CT molecular complexity index is 1470. The summed E-state index contributed by atoms with van der Waals surface area (Å²) in [7, 11) is 3.88. The molecule has 0 fully saturated rings. The molecule has 0 aliphatic carbocycles. The van der Waals surface area contributed by atoms with Gasteiger partial charge in [0, 0.05) is 56.3 Å². The van der Waals surface area contributed by atoms with Crippen molar-refractivity contribution in [1.82, 2.24) is 19.9 Å². The molecule has 2 heterocycles. The number of anilines is 2. The number of carbonyl (C=O) groups is 2. The number of imidazole rings is 1. The van der Waals surface area contributed by atoms with Gasteiger partial charge in [0.2, 0.25) is 5.91 Å². The highest BCUT2D eigenvalue weighted by atomic mass is 16.1. The van der Waals surface area contributed by atoms with E-state index in [0.29, 0.717) is 30.0 Å². The molecule has 0 aliphatic rings. The number of rotatable bonds is 10. The van der Waals surface area contributed by atoms with Crippen LogP contribution in [0.25, 0.3) is 21.9 Å². The van der Waals surface area contributed by atoms with Crippen LogP contribution in [0.4, 0.5) is 11.5 Å². The predicted octanol–water partition coefficient (Wildman–Crippen LogP) is 4.44. The lowest BCUT2D eigenvalue weighted by molar-refractivity contribution is -0.116. The van der Waals surface area contributed by atoms with Crippen molar-refractivity contribution in [2.24, 2.45) is 0 Å². The number of nitrogens with zero attached hydrogens (tertiary/aromatic N) is 4. The molecule has 3 N–H and O–H groups in total. The minimum atomic E-state index is -0.320. The molecule has 4 aromatic rings. The monoisotopic (exact) mass is 498 g/mol. The van der Waals surface area contributed by atoms with Crippen LogP contribution in [0.3, 0.4) is 0 Å². The molecule has 0 saturated heterocycles. The second-order valence-electron chi connectivity index (χ2n) is 9.43. The van der Waals surface area contributed by atoms with E-state index in [1.54, 1.807) is 12.1 Å². The lowest BCUT2D eigenvalue weighted by Gasteiger charge is -2.12. The summed E-state index contributed by atoms with van der Waals surface area (Å²) >= 11 is 0. The summed E-state index contributed by atoms with van der Waals surface area (Å²) in [6, 6.07) is 13.4. The van der Waals surface area contributed by atoms with Crippen LogP contribution in [0.1, 0.15) is 41.5 Å². The van der Waals surface area contributed by atoms with Gasteiger partial charge in [-0.15, -0.1) is 0 Å². The van der Waals surface area contributed by atoms with Crippen LogP contribution < -0.4 is 16.0 Å². The number of hydrogen-bond donors (Lipinski definition) is 2. The molecule has 37 heavy (non-hydrogen) atoms.